The van der Waals surface area contributed by atoms with E-state index in [1.165, 1.54) is 70.8 Å². The van der Waals surface area contributed by atoms with Crippen LogP contribution in [0.5, 0.6) is 28.7 Å². The maximum Gasteiger partial charge on any atom is 0.492 e. The fourth-order valence-corrected chi connectivity index (χ4v) is 22.5. The van der Waals surface area contributed by atoms with Gasteiger partial charge in [-0.25, -0.2) is 0 Å². The van der Waals surface area contributed by atoms with Gasteiger partial charge in [0.1, 0.15) is 5.75 Å². The van der Waals surface area contributed by atoms with Gasteiger partial charge in [-0.2, -0.15) is 0 Å². The maximum absolute atomic E-state index is 11.3. The molecular weight excluding hydrogens is 1710 g/mol. The molecule has 592 valence electrons. The molecule has 0 unspecified atom stereocenters. The number of hydrogen-bond donors (Lipinski definition) is 2. The molecule has 0 bridgehead atoms. The molecule has 18 rings (SSSR count). The van der Waals surface area contributed by atoms with Crippen molar-refractivity contribution in [1.29, 1.82) is 0 Å². The Morgan fingerprint density at radius 1 is 0.286 bits per heavy atom. The Hall–Kier alpha value is -11.6. The smallest absolute Gasteiger partial charge is 0.492 e. The van der Waals surface area contributed by atoms with Crippen LogP contribution < -0.4 is 92.8 Å². The summed E-state index contributed by atoms with van der Waals surface area (Å²) in [5.74, 6) is 2.63. The normalized spacial score (nSPS) is 10.9. The van der Waals surface area contributed by atoms with E-state index in [2.05, 4.69) is 380 Å². The SMILES string of the molecule is COc1ccccc1B(O)O.O=Cc1c(Br)ccc2c1OCO2.O=Cc1ccccc1-c1ccc2c(c1C=O)OCO2.[Pd].c1ccc(P(c2ccccc2)c2ccccc2)cc1.c1ccc(P(c2ccccc2)c2ccccc2)cc1.c1ccc(P(c2ccccc2)c2ccccc2)cc1.c1ccc(P(c2ccccc2)c2ccccc2)cc1. The van der Waals surface area contributed by atoms with E-state index in [0.717, 1.165) is 23.3 Å². The van der Waals surface area contributed by atoms with Crippen molar-refractivity contribution in [3.63, 3.8) is 0 Å². The molecule has 0 fully saturated rings. The van der Waals surface area contributed by atoms with Crippen LogP contribution in [-0.4, -0.2) is 56.7 Å². The van der Waals surface area contributed by atoms with Crippen molar-refractivity contribution in [3.8, 4) is 39.9 Å². The van der Waals surface area contributed by atoms with E-state index >= 15 is 0 Å². The predicted octanol–water partition coefficient (Wildman–Crippen LogP) is 17.8. The van der Waals surface area contributed by atoms with Gasteiger partial charge in [0.2, 0.25) is 13.6 Å². The van der Waals surface area contributed by atoms with Crippen LogP contribution >= 0.6 is 47.6 Å². The molecule has 16 aromatic rings. The van der Waals surface area contributed by atoms with Crippen LogP contribution in [0.2, 0.25) is 0 Å². The van der Waals surface area contributed by atoms with Crippen molar-refractivity contribution in [1.82, 2.24) is 0 Å². The Kier molecular flexibility index (Phi) is 35.3. The summed E-state index contributed by atoms with van der Waals surface area (Å²) >= 11 is 3.24. The number of carbonyl (C=O) groups is 3. The van der Waals surface area contributed by atoms with Crippen molar-refractivity contribution in [3.05, 3.63) is 458 Å². The Labute approximate surface area is 724 Å². The molecule has 0 radical (unpaired) electrons. The van der Waals surface area contributed by atoms with Crippen molar-refractivity contribution in [2.45, 2.75) is 0 Å². The number of aldehydes is 3. The second-order valence-electron chi connectivity index (χ2n) is 25.9. The first-order chi connectivity index (χ1) is 58.2. The molecule has 10 nitrogen and oxygen atoms in total. The number of rotatable bonds is 18. The third kappa shape index (κ3) is 24.8. The summed E-state index contributed by atoms with van der Waals surface area (Å²) in [5.41, 5.74) is 3.20. The average Bonchev–Trinajstić information content (AvgIpc) is 1.45. The number of hydrogen-bond acceptors (Lipinski definition) is 10. The van der Waals surface area contributed by atoms with E-state index < -0.39 is 38.8 Å². The molecule has 2 N–H and O–H groups in total. The number of halogens is 1. The Balaban J connectivity index is 0.000000137. The molecule has 2 aliphatic rings. The van der Waals surface area contributed by atoms with Gasteiger partial charge in [0.25, 0.3) is 0 Å². The summed E-state index contributed by atoms with van der Waals surface area (Å²) in [6.07, 6.45) is 2.25. The van der Waals surface area contributed by atoms with Crippen LogP contribution in [0.3, 0.4) is 0 Å². The summed E-state index contributed by atoms with van der Waals surface area (Å²) in [6, 6.07) is 150. The zero-order chi connectivity index (χ0) is 81.7. The first-order valence-corrected chi connectivity index (χ1v) is 44.1. The third-order valence-corrected chi connectivity index (χ3v) is 28.8. The summed E-state index contributed by atoms with van der Waals surface area (Å²) in [4.78, 5) is 33.0. The van der Waals surface area contributed by atoms with Gasteiger partial charge in [-0.05, 0) is 153 Å². The Morgan fingerprint density at radius 2 is 0.529 bits per heavy atom. The molecule has 0 aliphatic carbocycles. The van der Waals surface area contributed by atoms with Crippen LogP contribution in [0, 0.1) is 0 Å². The number of para-hydroxylation sites is 1. The van der Waals surface area contributed by atoms with Crippen LogP contribution in [0.1, 0.15) is 31.1 Å². The van der Waals surface area contributed by atoms with Crippen molar-refractivity contribution >= 4 is 143 Å². The van der Waals surface area contributed by atoms with Crippen LogP contribution in [-0.2, 0) is 20.4 Å². The standard InChI is InChI=1S/4C18H15P.C15H10O4.C8H5BrO3.C7H9BO3.Pd/c4*1-4-10-16(11-5-1)19(17-12-6-2-7-13-17)18-14-8-3-9-15-18;16-7-10-3-1-2-4-11(10)12-5-6-14-15(13(12)8-17)19-9-18-14;9-6-1-2-7-8(5(6)3-10)12-4-11-7;1-11-7-5-3-2-4-6(7)8(9)10;/h4*1-15H;1-8H,9H2;1-3H,4H2;2-5,9-10H,1H3;. The van der Waals surface area contributed by atoms with Gasteiger partial charge >= 0.3 is 7.12 Å². The third-order valence-electron chi connectivity index (χ3n) is 18.3. The van der Waals surface area contributed by atoms with Gasteiger partial charge in [0, 0.05) is 35.9 Å². The molecule has 0 spiro atoms. The largest absolute Gasteiger partial charge is 0.497 e. The van der Waals surface area contributed by atoms with Gasteiger partial charge in [0.05, 0.1) is 18.2 Å². The molecule has 2 heterocycles. The zero-order valence-corrected chi connectivity index (χ0v) is 71.7. The van der Waals surface area contributed by atoms with Gasteiger partial charge < -0.3 is 33.7 Å². The predicted molar refractivity (Wildman–Crippen MR) is 498 cm³/mol. The summed E-state index contributed by atoms with van der Waals surface area (Å²) < 4.78 is 26.4. The molecule has 2 aliphatic heterocycles. The molecular formula is C102H84BBrO10P4Pd. The summed E-state index contributed by atoms with van der Waals surface area (Å²) in [7, 11) is -1.76. The fourth-order valence-electron chi connectivity index (χ4n) is 12.9. The average molecular weight is 1790 g/mol. The van der Waals surface area contributed by atoms with Crippen LogP contribution in [0.15, 0.2) is 441 Å². The first-order valence-electron chi connectivity index (χ1n) is 38.0. The second-order valence-corrected chi connectivity index (χ2v) is 35.6. The summed E-state index contributed by atoms with van der Waals surface area (Å²) in [5, 5.41) is 34.4. The zero-order valence-electron chi connectivity index (χ0n) is 64.9. The van der Waals surface area contributed by atoms with Crippen LogP contribution in [0.4, 0.5) is 0 Å². The first kappa shape index (κ1) is 88.2. The number of ether oxygens (including phenoxy) is 5. The van der Waals surface area contributed by atoms with E-state index in [1.807, 2.05) is 6.07 Å². The Morgan fingerprint density at radius 3 is 0.782 bits per heavy atom. The number of methoxy groups -OCH3 is 1. The quantitative estimate of drug-likeness (QED) is 0.0485. The molecule has 0 atom stereocenters. The number of fused-ring (bicyclic) bond motifs is 2. The van der Waals surface area contributed by atoms with Gasteiger partial charge in [-0.1, -0.05) is 406 Å². The molecule has 119 heavy (non-hydrogen) atoms. The van der Waals surface area contributed by atoms with Crippen molar-refractivity contribution in [2.75, 3.05) is 20.7 Å². The Bertz CT molecular complexity index is 4840. The maximum atomic E-state index is 11.3. The molecule has 0 saturated carbocycles. The fraction of sp³-hybridized carbons (Fsp3) is 0.0294. The van der Waals surface area contributed by atoms with E-state index in [1.54, 1.807) is 66.7 Å². The molecule has 16 aromatic carbocycles. The molecule has 0 amide bonds. The van der Waals surface area contributed by atoms with E-state index in [9.17, 15) is 14.4 Å². The minimum absolute atomic E-state index is 0. The van der Waals surface area contributed by atoms with Crippen LogP contribution in [0.25, 0.3) is 11.1 Å². The van der Waals surface area contributed by atoms with Gasteiger partial charge in [-0.3, -0.25) is 14.4 Å². The van der Waals surface area contributed by atoms with E-state index in [-0.39, 0.29) is 34.0 Å². The minimum atomic E-state index is -1.47. The monoisotopic (exact) mass is 1790 g/mol. The van der Waals surface area contributed by atoms with E-state index in [4.69, 9.17) is 33.7 Å². The van der Waals surface area contributed by atoms with Crippen molar-refractivity contribution < 1.29 is 68.5 Å². The topological polar surface area (TPSA) is 138 Å². The number of benzene rings is 16. The molecule has 0 saturated heterocycles. The second kappa shape index (κ2) is 47.7. The molecule has 17 heteroatoms. The molecule has 0 aromatic heterocycles. The van der Waals surface area contributed by atoms with E-state index in [0.29, 0.717) is 62.0 Å². The number of carbonyl (C=O) groups excluding carboxylic acids is 3. The summed E-state index contributed by atoms with van der Waals surface area (Å²) in [6.45, 7) is 0.293. The van der Waals surface area contributed by atoms with Gasteiger partial charge in [-0.15, -0.1) is 0 Å². The minimum Gasteiger partial charge on any atom is -0.497 e. The van der Waals surface area contributed by atoms with Crippen molar-refractivity contribution in [2.24, 2.45) is 0 Å². The van der Waals surface area contributed by atoms with Gasteiger partial charge in [0.15, 0.2) is 41.9 Å².